The fourth-order valence-corrected chi connectivity index (χ4v) is 4.19. The molecule has 1 aromatic heterocycles. The molecule has 4 rings (SSSR count). The maximum Gasteiger partial charge on any atom is 0.261 e. The summed E-state index contributed by atoms with van der Waals surface area (Å²) in [6.07, 6.45) is 2.95. The van der Waals surface area contributed by atoms with Crippen LogP contribution in [0, 0.1) is 5.82 Å². The fraction of sp³-hybridized carbons (Fsp3) is 0. The largest absolute Gasteiger partial charge is 0.319 e. The first-order chi connectivity index (χ1) is 15.8. The van der Waals surface area contributed by atoms with Crippen LogP contribution in [-0.2, 0) is 10.0 Å². The minimum atomic E-state index is -4.04. The molecular formula is C23H16ClFN4O3S. The first-order valence-corrected chi connectivity index (χ1v) is 11.4. The molecule has 0 radical (unpaired) electrons. The van der Waals surface area contributed by atoms with E-state index in [4.69, 9.17) is 11.6 Å². The highest BCUT2D eigenvalue weighted by atomic mass is 35.5. The molecule has 7 nitrogen and oxygen atoms in total. The number of amides is 1. The molecule has 0 aliphatic heterocycles. The summed E-state index contributed by atoms with van der Waals surface area (Å²) in [5.41, 5.74) is 1.36. The number of halogens is 2. The van der Waals surface area contributed by atoms with Crippen LogP contribution in [0.4, 0.5) is 15.8 Å². The zero-order valence-corrected chi connectivity index (χ0v) is 18.4. The lowest BCUT2D eigenvalue weighted by Gasteiger charge is -2.12. The van der Waals surface area contributed by atoms with Gasteiger partial charge in [-0.2, -0.15) is 0 Å². The number of hydrogen-bond acceptors (Lipinski definition) is 5. The number of nitrogens with one attached hydrogen (secondary N) is 2. The molecule has 0 aliphatic carbocycles. The Morgan fingerprint density at radius 1 is 0.909 bits per heavy atom. The average Bonchev–Trinajstić information content (AvgIpc) is 2.81. The van der Waals surface area contributed by atoms with Gasteiger partial charge in [0.05, 0.1) is 33.7 Å². The SMILES string of the molecule is O=C(Nc1cnc(-c2ccccc2)nc1)c1ccc(Cl)c(NS(=O)(=O)c2ccc(F)cc2)c1. The second-order valence-corrected chi connectivity index (χ2v) is 8.96. The monoisotopic (exact) mass is 482 g/mol. The molecule has 4 aromatic rings. The third kappa shape index (κ3) is 5.33. The number of hydrogen-bond donors (Lipinski definition) is 2. The maximum absolute atomic E-state index is 13.1. The van der Waals surface area contributed by atoms with E-state index in [1.807, 2.05) is 30.3 Å². The Morgan fingerprint density at radius 2 is 1.58 bits per heavy atom. The van der Waals surface area contributed by atoms with Gasteiger partial charge in [0, 0.05) is 11.1 Å². The van der Waals surface area contributed by atoms with Crippen molar-refractivity contribution in [2.24, 2.45) is 0 Å². The quantitative estimate of drug-likeness (QED) is 0.403. The van der Waals surface area contributed by atoms with Crippen LogP contribution in [0.3, 0.4) is 0 Å². The molecule has 1 heterocycles. The first-order valence-electron chi connectivity index (χ1n) is 9.58. The van der Waals surface area contributed by atoms with Crippen molar-refractivity contribution in [3.8, 4) is 11.4 Å². The van der Waals surface area contributed by atoms with Crippen LogP contribution in [0.15, 0.2) is 90.1 Å². The Hall–Kier alpha value is -3.82. The van der Waals surface area contributed by atoms with Crippen LogP contribution in [0.25, 0.3) is 11.4 Å². The fourth-order valence-electron chi connectivity index (χ4n) is 2.89. The van der Waals surface area contributed by atoms with Crippen molar-refractivity contribution >= 4 is 38.9 Å². The Bertz CT molecular complexity index is 1400. The van der Waals surface area contributed by atoms with Gasteiger partial charge in [0.2, 0.25) is 0 Å². The summed E-state index contributed by atoms with van der Waals surface area (Å²) in [6, 6.07) is 17.8. The zero-order chi connectivity index (χ0) is 23.4. The predicted molar refractivity (Wildman–Crippen MR) is 124 cm³/mol. The van der Waals surface area contributed by atoms with Gasteiger partial charge in [-0.05, 0) is 42.5 Å². The summed E-state index contributed by atoms with van der Waals surface area (Å²) < 4.78 is 40.6. The van der Waals surface area contributed by atoms with Crippen LogP contribution in [0.1, 0.15) is 10.4 Å². The Morgan fingerprint density at radius 3 is 2.24 bits per heavy atom. The number of rotatable bonds is 6. The number of carbonyl (C=O) groups excluding carboxylic acids is 1. The molecule has 0 bridgehead atoms. The van der Waals surface area contributed by atoms with E-state index in [1.165, 1.54) is 30.6 Å². The lowest BCUT2D eigenvalue weighted by atomic mass is 10.2. The Kier molecular flexibility index (Phi) is 6.34. The molecule has 0 saturated carbocycles. The van der Waals surface area contributed by atoms with Crippen molar-refractivity contribution in [2.75, 3.05) is 10.0 Å². The van der Waals surface area contributed by atoms with Crippen LogP contribution in [0.5, 0.6) is 0 Å². The third-order valence-corrected chi connectivity index (χ3v) is 6.25. The molecule has 0 aliphatic rings. The van der Waals surface area contributed by atoms with Crippen molar-refractivity contribution in [3.05, 3.63) is 102 Å². The van der Waals surface area contributed by atoms with Crippen molar-refractivity contribution in [2.45, 2.75) is 4.90 Å². The van der Waals surface area contributed by atoms with Gasteiger partial charge in [-0.3, -0.25) is 9.52 Å². The van der Waals surface area contributed by atoms with Crippen LogP contribution in [0.2, 0.25) is 5.02 Å². The van der Waals surface area contributed by atoms with E-state index in [0.717, 1.165) is 29.8 Å². The second-order valence-electron chi connectivity index (χ2n) is 6.87. The number of nitrogens with zero attached hydrogens (tertiary/aromatic N) is 2. The van der Waals surface area contributed by atoms with E-state index in [0.29, 0.717) is 11.5 Å². The molecular weight excluding hydrogens is 467 g/mol. The van der Waals surface area contributed by atoms with Gasteiger partial charge >= 0.3 is 0 Å². The Labute approximate surface area is 194 Å². The number of carbonyl (C=O) groups is 1. The molecule has 0 unspecified atom stereocenters. The predicted octanol–water partition coefficient (Wildman–Crippen LogP) is 4.99. The molecule has 3 aromatic carbocycles. The van der Waals surface area contributed by atoms with Gasteiger partial charge in [-0.25, -0.2) is 22.8 Å². The van der Waals surface area contributed by atoms with Crippen molar-refractivity contribution < 1.29 is 17.6 Å². The van der Waals surface area contributed by atoms with E-state index in [1.54, 1.807) is 0 Å². The summed E-state index contributed by atoms with van der Waals surface area (Å²) in [4.78, 5) is 21.0. The normalized spacial score (nSPS) is 11.1. The molecule has 2 N–H and O–H groups in total. The minimum absolute atomic E-state index is 0.00400. The summed E-state index contributed by atoms with van der Waals surface area (Å²) in [7, 11) is -4.04. The number of anilines is 2. The lowest BCUT2D eigenvalue weighted by Crippen LogP contribution is -2.16. The molecule has 166 valence electrons. The molecule has 10 heteroatoms. The highest BCUT2D eigenvalue weighted by Crippen LogP contribution is 2.26. The van der Waals surface area contributed by atoms with Gasteiger partial charge in [0.15, 0.2) is 5.82 Å². The molecule has 33 heavy (non-hydrogen) atoms. The Balaban J connectivity index is 1.51. The van der Waals surface area contributed by atoms with E-state index in [9.17, 15) is 17.6 Å². The zero-order valence-electron chi connectivity index (χ0n) is 16.9. The van der Waals surface area contributed by atoms with Crippen molar-refractivity contribution in [1.82, 2.24) is 9.97 Å². The van der Waals surface area contributed by atoms with E-state index in [-0.39, 0.29) is 21.2 Å². The number of aromatic nitrogens is 2. The summed E-state index contributed by atoms with van der Waals surface area (Å²) >= 11 is 6.12. The molecule has 0 saturated heterocycles. The molecule has 0 fully saturated rings. The standard InChI is InChI=1S/C23H16ClFN4O3S/c24-20-11-6-16(12-21(20)29-33(31,32)19-9-7-17(25)8-10-19)23(30)28-18-13-26-22(27-14-18)15-4-2-1-3-5-15/h1-14,29H,(H,28,30). The van der Waals surface area contributed by atoms with Gasteiger partial charge in [0.1, 0.15) is 5.82 Å². The van der Waals surface area contributed by atoms with E-state index < -0.39 is 21.7 Å². The van der Waals surface area contributed by atoms with Crippen LogP contribution < -0.4 is 10.0 Å². The van der Waals surface area contributed by atoms with Crippen LogP contribution >= 0.6 is 11.6 Å². The molecule has 0 spiro atoms. The van der Waals surface area contributed by atoms with Crippen LogP contribution in [-0.4, -0.2) is 24.3 Å². The molecule has 1 amide bonds. The number of benzene rings is 3. The van der Waals surface area contributed by atoms with Crippen molar-refractivity contribution in [1.29, 1.82) is 0 Å². The van der Waals surface area contributed by atoms with Crippen molar-refractivity contribution in [3.63, 3.8) is 0 Å². The topological polar surface area (TPSA) is 101 Å². The van der Waals surface area contributed by atoms with E-state index in [2.05, 4.69) is 20.0 Å². The minimum Gasteiger partial charge on any atom is -0.319 e. The maximum atomic E-state index is 13.1. The number of sulfonamides is 1. The van der Waals surface area contributed by atoms with Gasteiger partial charge in [0.25, 0.3) is 15.9 Å². The average molecular weight is 483 g/mol. The highest BCUT2D eigenvalue weighted by molar-refractivity contribution is 7.92. The summed E-state index contributed by atoms with van der Waals surface area (Å²) in [5.74, 6) is -0.561. The van der Waals surface area contributed by atoms with Gasteiger partial charge in [-0.15, -0.1) is 0 Å². The first kappa shape index (κ1) is 22.4. The summed E-state index contributed by atoms with van der Waals surface area (Å²) in [5, 5.41) is 2.75. The third-order valence-electron chi connectivity index (χ3n) is 4.54. The second kappa shape index (κ2) is 9.35. The molecule has 0 atom stereocenters. The smallest absolute Gasteiger partial charge is 0.261 e. The summed E-state index contributed by atoms with van der Waals surface area (Å²) in [6.45, 7) is 0. The van der Waals surface area contributed by atoms with Gasteiger partial charge in [-0.1, -0.05) is 41.9 Å². The van der Waals surface area contributed by atoms with E-state index >= 15 is 0 Å². The van der Waals surface area contributed by atoms with Gasteiger partial charge < -0.3 is 5.32 Å². The highest BCUT2D eigenvalue weighted by Gasteiger charge is 2.18. The lowest BCUT2D eigenvalue weighted by molar-refractivity contribution is 0.102.